The van der Waals surface area contributed by atoms with E-state index < -0.39 is 23.6 Å². The van der Waals surface area contributed by atoms with Gasteiger partial charge in [0.15, 0.2) is 0 Å². The Balaban J connectivity index is 2.01. The molecule has 0 aliphatic heterocycles. The smallest absolute Gasteiger partial charge is 0.344 e. The molecule has 25 heavy (non-hydrogen) atoms. The van der Waals surface area contributed by atoms with Crippen molar-refractivity contribution in [1.82, 2.24) is 5.32 Å². The lowest BCUT2D eigenvalue weighted by Crippen LogP contribution is -2.35. The van der Waals surface area contributed by atoms with Crippen LogP contribution < -0.4 is 10.6 Å². The number of halogens is 5. The number of nitrogens with one attached hydrogen (secondary N) is 2. The van der Waals surface area contributed by atoms with E-state index in [0.29, 0.717) is 16.7 Å². The topological polar surface area (TPSA) is 58.2 Å². The first kappa shape index (κ1) is 19.1. The largest absolute Gasteiger partial charge is 0.416 e. The maximum Gasteiger partial charge on any atom is 0.416 e. The fourth-order valence-electron chi connectivity index (χ4n) is 1.84. The van der Waals surface area contributed by atoms with Gasteiger partial charge in [0.1, 0.15) is 0 Å². The summed E-state index contributed by atoms with van der Waals surface area (Å²) in [6.45, 7) is 0.0553. The maximum absolute atomic E-state index is 12.7. The minimum atomic E-state index is -4.60. The molecular formula is C16H11Cl2F3N2O2. The van der Waals surface area contributed by atoms with Crippen molar-refractivity contribution in [3.63, 3.8) is 0 Å². The van der Waals surface area contributed by atoms with Gasteiger partial charge in [-0.05, 0) is 35.9 Å². The zero-order chi connectivity index (χ0) is 18.6. The Hall–Kier alpha value is -2.25. The molecule has 0 aromatic heterocycles. The molecule has 0 bridgehead atoms. The van der Waals surface area contributed by atoms with Crippen LogP contribution in [0.4, 0.5) is 18.9 Å². The number of anilines is 1. The third kappa shape index (κ3) is 5.37. The Morgan fingerprint density at radius 2 is 1.60 bits per heavy atom. The number of hydrogen-bond acceptors (Lipinski definition) is 2. The second-order valence-electron chi connectivity index (χ2n) is 4.96. The van der Waals surface area contributed by atoms with Gasteiger partial charge in [0, 0.05) is 11.6 Å². The summed E-state index contributed by atoms with van der Waals surface area (Å²) in [7, 11) is 0. The standard InChI is InChI=1S/C16H11Cl2F3N2O2/c17-11-4-1-9(2-5-11)8-22-14(24)15(25)23-13-7-10(16(19,20)21)3-6-12(13)18/h1-7H,8H2,(H,22,24)(H,23,25). The van der Waals surface area contributed by atoms with Crippen molar-refractivity contribution in [3.8, 4) is 0 Å². The predicted octanol–water partition coefficient (Wildman–Crippen LogP) is 4.27. The molecule has 2 aromatic carbocycles. The fourth-order valence-corrected chi connectivity index (χ4v) is 2.13. The minimum Gasteiger partial charge on any atom is -0.344 e. The van der Waals surface area contributed by atoms with Crippen molar-refractivity contribution in [2.45, 2.75) is 12.7 Å². The van der Waals surface area contributed by atoms with Gasteiger partial charge < -0.3 is 10.6 Å². The fraction of sp³-hybridized carbons (Fsp3) is 0.125. The van der Waals surface area contributed by atoms with Gasteiger partial charge >= 0.3 is 18.0 Å². The summed E-state index contributed by atoms with van der Waals surface area (Å²) < 4.78 is 38.1. The second kappa shape index (κ2) is 7.76. The van der Waals surface area contributed by atoms with E-state index in [2.05, 4.69) is 10.6 Å². The van der Waals surface area contributed by atoms with Gasteiger partial charge in [-0.25, -0.2) is 0 Å². The summed E-state index contributed by atoms with van der Waals surface area (Å²) in [5, 5.41) is 4.81. The molecule has 0 saturated heterocycles. The molecule has 0 spiro atoms. The summed E-state index contributed by atoms with van der Waals surface area (Å²) in [4.78, 5) is 23.6. The molecule has 0 aliphatic rings. The van der Waals surface area contributed by atoms with Gasteiger partial charge in [-0.3, -0.25) is 9.59 Å². The first-order chi connectivity index (χ1) is 11.7. The Morgan fingerprint density at radius 3 is 2.20 bits per heavy atom. The SMILES string of the molecule is O=C(NCc1ccc(Cl)cc1)C(=O)Nc1cc(C(F)(F)F)ccc1Cl. The number of carbonyl (C=O) groups excluding carboxylic acids is 2. The first-order valence-corrected chi connectivity index (χ1v) is 7.63. The Labute approximate surface area is 150 Å². The van der Waals surface area contributed by atoms with Crippen LogP contribution in [0.15, 0.2) is 42.5 Å². The first-order valence-electron chi connectivity index (χ1n) is 6.87. The molecule has 9 heteroatoms. The van der Waals surface area contributed by atoms with Crippen LogP contribution in [0.5, 0.6) is 0 Å². The van der Waals surface area contributed by atoms with Crippen molar-refractivity contribution in [2.24, 2.45) is 0 Å². The van der Waals surface area contributed by atoms with E-state index >= 15 is 0 Å². The van der Waals surface area contributed by atoms with Crippen LogP contribution in [-0.2, 0) is 22.3 Å². The van der Waals surface area contributed by atoms with Crippen molar-refractivity contribution >= 4 is 40.7 Å². The molecule has 132 valence electrons. The average Bonchev–Trinajstić information content (AvgIpc) is 2.55. The average molecular weight is 391 g/mol. The lowest BCUT2D eigenvalue weighted by Gasteiger charge is -2.11. The van der Waals surface area contributed by atoms with Gasteiger partial charge in [0.2, 0.25) is 0 Å². The highest BCUT2D eigenvalue weighted by Gasteiger charge is 2.31. The van der Waals surface area contributed by atoms with E-state index in [1.165, 1.54) is 0 Å². The Kier molecular flexibility index (Phi) is 5.92. The molecule has 2 rings (SSSR count). The van der Waals surface area contributed by atoms with Crippen molar-refractivity contribution in [1.29, 1.82) is 0 Å². The zero-order valence-corrected chi connectivity index (χ0v) is 14.0. The van der Waals surface area contributed by atoms with Crippen LogP contribution in [0.3, 0.4) is 0 Å². The van der Waals surface area contributed by atoms with E-state index in [1.54, 1.807) is 24.3 Å². The molecule has 0 saturated carbocycles. The Morgan fingerprint density at radius 1 is 0.960 bits per heavy atom. The van der Waals surface area contributed by atoms with Gasteiger partial charge in [-0.15, -0.1) is 0 Å². The maximum atomic E-state index is 12.7. The summed E-state index contributed by atoms with van der Waals surface area (Å²) >= 11 is 11.5. The summed E-state index contributed by atoms with van der Waals surface area (Å²) in [6, 6.07) is 8.97. The number of carbonyl (C=O) groups is 2. The van der Waals surface area contributed by atoms with Crippen LogP contribution in [0.25, 0.3) is 0 Å². The third-order valence-electron chi connectivity index (χ3n) is 3.11. The van der Waals surface area contributed by atoms with Crippen LogP contribution in [0, 0.1) is 0 Å². The summed E-state index contributed by atoms with van der Waals surface area (Å²) in [5.41, 5.74) is -0.598. The van der Waals surface area contributed by atoms with Crippen molar-refractivity contribution in [2.75, 3.05) is 5.32 Å². The van der Waals surface area contributed by atoms with E-state index in [4.69, 9.17) is 23.2 Å². The number of amides is 2. The molecule has 4 nitrogen and oxygen atoms in total. The molecule has 0 fully saturated rings. The van der Waals surface area contributed by atoms with Crippen molar-refractivity contribution < 1.29 is 22.8 Å². The van der Waals surface area contributed by atoms with Crippen LogP contribution in [0.2, 0.25) is 10.0 Å². The second-order valence-corrected chi connectivity index (χ2v) is 5.80. The van der Waals surface area contributed by atoms with Crippen LogP contribution >= 0.6 is 23.2 Å². The summed E-state index contributed by atoms with van der Waals surface area (Å²) in [5.74, 6) is -2.14. The molecule has 2 N–H and O–H groups in total. The highest BCUT2D eigenvalue weighted by atomic mass is 35.5. The Bertz CT molecular complexity index is 793. The molecule has 0 heterocycles. The summed E-state index contributed by atoms with van der Waals surface area (Å²) in [6.07, 6.45) is -4.60. The van der Waals surface area contributed by atoms with E-state index in [0.717, 1.165) is 12.1 Å². The molecule has 2 aromatic rings. The molecule has 0 aliphatic carbocycles. The van der Waals surface area contributed by atoms with E-state index in [1.807, 2.05) is 0 Å². The number of rotatable bonds is 3. The van der Waals surface area contributed by atoms with E-state index in [-0.39, 0.29) is 17.3 Å². The third-order valence-corrected chi connectivity index (χ3v) is 3.70. The minimum absolute atomic E-state index is 0.0553. The highest BCUT2D eigenvalue weighted by Crippen LogP contribution is 2.33. The van der Waals surface area contributed by atoms with Crippen LogP contribution in [-0.4, -0.2) is 11.8 Å². The molecule has 0 unspecified atom stereocenters. The number of alkyl halides is 3. The van der Waals surface area contributed by atoms with Crippen molar-refractivity contribution in [3.05, 3.63) is 63.6 Å². The zero-order valence-electron chi connectivity index (χ0n) is 12.5. The van der Waals surface area contributed by atoms with Gasteiger partial charge in [-0.2, -0.15) is 13.2 Å². The molecule has 2 amide bonds. The number of hydrogen-bond donors (Lipinski definition) is 2. The highest BCUT2D eigenvalue weighted by molar-refractivity contribution is 6.41. The van der Waals surface area contributed by atoms with Gasteiger partial charge in [0.25, 0.3) is 0 Å². The number of benzene rings is 2. The molecule has 0 radical (unpaired) electrons. The lowest BCUT2D eigenvalue weighted by atomic mass is 10.2. The van der Waals surface area contributed by atoms with Gasteiger partial charge in [0.05, 0.1) is 16.3 Å². The monoisotopic (exact) mass is 390 g/mol. The van der Waals surface area contributed by atoms with Gasteiger partial charge in [-0.1, -0.05) is 35.3 Å². The lowest BCUT2D eigenvalue weighted by molar-refractivity contribution is -0.137. The normalized spacial score (nSPS) is 11.1. The predicted molar refractivity (Wildman–Crippen MR) is 88.4 cm³/mol. The van der Waals surface area contributed by atoms with E-state index in [9.17, 15) is 22.8 Å². The van der Waals surface area contributed by atoms with Crippen LogP contribution in [0.1, 0.15) is 11.1 Å². The molecular weight excluding hydrogens is 380 g/mol. The quantitative estimate of drug-likeness (QED) is 0.768. The molecule has 0 atom stereocenters.